The predicted molar refractivity (Wildman–Crippen MR) is 358 cm³/mol. The third-order valence-corrected chi connectivity index (χ3v) is 17.5. The first-order valence-corrected chi connectivity index (χ1v) is 37.7. The summed E-state index contributed by atoms with van der Waals surface area (Å²) in [6.07, 6.45) is 87.3. The third kappa shape index (κ3) is 68.9. The van der Waals surface area contributed by atoms with Crippen LogP contribution in [0.5, 0.6) is 0 Å². The average molecular weight is 1160 g/mol. The summed E-state index contributed by atoms with van der Waals surface area (Å²) in [4.78, 5) is 38.2. The SMILES string of the molecule is CCCCCCCCCC/C=C\CCCCCCCCCCCCCCCCCCCCCC(=O)OCC(COC(=O)CCCCCCCCC)OC(=O)CCCCCCCCCCCCCCCCCCCCCCCCCCCC. The Labute approximate surface area is 513 Å². The molecule has 1 atom stereocenters. The van der Waals surface area contributed by atoms with Crippen molar-refractivity contribution in [2.24, 2.45) is 0 Å². The van der Waals surface area contributed by atoms with Gasteiger partial charge < -0.3 is 14.2 Å². The van der Waals surface area contributed by atoms with Crippen molar-refractivity contribution in [3.63, 3.8) is 0 Å². The number of hydrogen-bond donors (Lipinski definition) is 0. The highest BCUT2D eigenvalue weighted by atomic mass is 16.6. The van der Waals surface area contributed by atoms with Crippen molar-refractivity contribution in [3.05, 3.63) is 12.2 Å². The first kappa shape index (κ1) is 80.2. The normalized spacial score (nSPS) is 12.0. The number of hydrogen-bond acceptors (Lipinski definition) is 6. The number of esters is 3. The van der Waals surface area contributed by atoms with Crippen molar-refractivity contribution in [1.29, 1.82) is 0 Å². The van der Waals surface area contributed by atoms with Gasteiger partial charge in [0, 0.05) is 19.3 Å². The Kier molecular flexibility index (Phi) is 70.0. The molecule has 0 bridgehead atoms. The molecule has 486 valence electrons. The largest absolute Gasteiger partial charge is 0.462 e. The summed E-state index contributed by atoms with van der Waals surface area (Å²) in [6.45, 7) is 6.69. The van der Waals surface area contributed by atoms with E-state index in [1.807, 2.05) is 0 Å². The van der Waals surface area contributed by atoms with Crippen molar-refractivity contribution >= 4 is 17.9 Å². The zero-order chi connectivity index (χ0) is 59.2. The van der Waals surface area contributed by atoms with Crippen LogP contribution in [0.15, 0.2) is 12.2 Å². The lowest BCUT2D eigenvalue weighted by atomic mass is 10.0. The first-order chi connectivity index (χ1) is 40.5. The molecule has 82 heavy (non-hydrogen) atoms. The minimum atomic E-state index is -0.764. The quantitative estimate of drug-likeness (QED) is 0.0261. The average Bonchev–Trinajstić information content (AvgIpc) is 3.48. The highest BCUT2D eigenvalue weighted by Crippen LogP contribution is 2.20. The van der Waals surface area contributed by atoms with Crippen LogP contribution in [-0.4, -0.2) is 37.2 Å². The molecule has 0 heterocycles. The van der Waals surface area contributed by atoms with Gasteiger partial charge in [0.15, 0.2) is 6.10 Å². The van der Waals surface area contributed by atoms with Gasteiger partial charge in [0.2, 0.25) is 0 Å². The van der Waals surface area contributed by atoms with E-state index in [0.29, 0.717) is 19.3 Å². The van der Waals surface area contributed by atoms with E-state index in [4.69, 9.17) is 14.2 Å². The minimum Gasteiger partial charge on any atom is -0.462 e. The van der Waals surface area contributed by atoms with Crippen molar-refractivity contribution < 1.29 is 28.6 Å². The van der Waals surface area contributed by atoms with Crippen LogP contribution in [0.2, 0.25) is 0 Å². The Balaban J connectivity index is 3.95. The highest BCUT2D eigenvalue weighted by Gasteiger charge is 2.20. The molecule has 0 N–H and O–H groups in total. The van der Waals surface area contributed by atoms with Gasteiger partial charge in [0.1, 0.15) is 13.2 Å². The zero-order valence-electron chi connectivity index (χ0n) is 56.1. The molecule has 6 nitrogen and oxygen atoms in total. The van der Waals surface area contributed by atoms with E-state index >= 15 is 0 Å². The molecule has 6 heteroatoms. The third-order valence-electron chi connectivity index (χ3n) is 17.5. The van der Waals surface area contributed by atoms with Crippen LogP contribution in [0.4, 0.5) is 0 Å². The monoisotopic (exact) mass is 1160 g/mol. The fourth-order valence-corrected chi connectivity index (χ4v) is 11.9. The molecule has 0 aliphatic heterocycles. The van der Waals surface area contributed by atoms with Gasteiger partial charge in [-0.05, 0) is 44.9 Å². The number of carbonyl (C=O) groups is 3. The number of unbranched alkanes of at least 4 members (excludes halogenated alkanes) is 58. The van der Waals surface area contributed by atoms with Gasteiger partial charge in [-0.3, -0.25) is 14.4 Å². The molecule has 1 unspecified atom stereocenters. The maximum atomic E-state index is 12.9. The summed E-state index contributed by atoms with van der Waals surface area (Å²) < 4.78 is 16.9. The van der Waals surface area contributed by atoms with E-state index in [9.17, 15) is 14.4 Å². The Morgan fingerprint density at radius 2 is 0.402 bits per heavy atom. The second-order valence-electron chi connectivity index (χ2n) is 25.9. The number of allylic oxidation sites excluding steroid dienone is 2. The smallest absolute Gasteiger partial charge is 0.306 e. The van der Waals surface area contributed by atoms with Crippen LogP contribution in [-0.2, 0) is 28.6 Å². The van der Waals surface area contributed by atoms with E-state index in [1.165, 1.54) is 340 Å². The van der Waals surface area contributed by atoms with Crippen molar-refractivity contribution in [1.82, 2.24) is 0 Å². The van der Waals surface area contributed by atoms with Crippen LogP contribution in [0.3, 0.4) is 0 Å². The number of ether oxygens (including phenoxy) is 3. The molecule has 0 rings (SSSR count). The van der Waals surface area contributed by atoms with Gasteiger partial charge in [-0.15, -0.1) is 0 Å². The maximum Gasteiger partial charge on any atom is 0.306 e. The molecule has 0 saturated heterocycles. The predicted octanol–water partition coefficient (Wildman–Crippen LogP) is 26.0. The lowest BCUT2D eigenvalue weighted by molar-refractivity contribution is -0.167. The first-order valence-electron chi connectivity index (χ1n) is 37.7. The van der Waals surface area contributed by atoms with Gasteiger partial charge in [-0.1, -0.05) is 386 Å². The topological polar surface area (TPSA) is 78.9 Å². The second kappa shape index (κ2) is 71.6. The van der Waals surface area contributed by atoms with Gasteiger partial charge >= 0.3 is 17.9 Å². The van der Waals surface area contributed by atoms with Gasteiger partial charge in [-0.2, -0.15) is 0 Å². The van der Waals surface area contributed by atoms with Crippen molar-refractivity contribution in [2.45, 2.75) is 444 Å². The molecule has 0 saturated carbocycles. The van der Waals surface area contributed by atoms with Gasteiger partial charge in [0.25, 0.3) is 0 Å². The van der Waals surface area contributed by atoms with Crippen molar-refractivity contribution in [3.8, 4) is 0 Å². The lowest BCUT2D eigenvalue weighted by Gasteiger charge is -2.18. The molecular formula is C76H146O6. The molecular weight excluding hydrogens is 1010 g/mol. The molecule has 0 aromatic carbocycles. The Bertz CT molecular complexity index is 1280. The summed E-state index contributed by atoms with van der Waals surface area (Å²) in [5.41, 5.74) is 0. The molecule has 0 aliphatic carbocycles. The van der Waals surface area contributed by atoms with Crippen LogP contribution in [0, 0.1) is 0 Å². The van der Waals surface area contributed by atoms with E-state index in [0.717, 1.165) is 57.8 Å². The molecule has 0 fully saturated rings. The molecule has 0 radical (unpaired) electrons. The summed E-state index contributed by atoms with van der Waals surface area (Å²) >= 11 is 0. The highest BCUT2D eigenvalue weighted by molar-refractivity contribution is 5.71. The Morgan fingerprint density at radius 1 is 0.232 bits per heavy atom. The summed E-state index contributed by atoms with van der Waals surface area (Å²) in [5, 5.41) is 0. The zero-order valence-corrected chi connectivity index (χ0v) is 56.1. The number of carbonyl (C=O) groups excluding carboxylic acids is 3. The fourth-order valence-electron chi connectivity index (χ4n) is 11.9. The van der Waals surface area contributed by atoms with E-state index in [-0.39, 0.29) is 31.1 Å². The van der Waals surface area contributed by atoms with Crippen LogP contribution < -0.4 is 0 Å². The summed E-state index contributed by atoms with van der Waals surface area (Å²) in [6, 6.07) is 0. The molecule has 0 aliphatic rings. The second-order valence-corrected chi connectivity index (χ2v) is 25.9. The van der Waals surface area contributed by atoms with Gasteiger partial charge in [0.05, 0.1) is 0 Å². The maximum absolute atomic E-state index is 12.9. The standard InChI is InChI=1S/C76H146O6/c1-4-7-10-13-16-18-20-22-24-26-28-30-32-34-36-37-38-39-40-42-43-45-47-49-51-53-55-57-60-63-66-69-75(78)81-72-73(71-80-74(77)68-65-62-59-15-12-9-6-3)82-76(79)70-67-64-61-58-56-54-52-50-48-46-44-41-35-33-31-29-27-25-23-21-19-17-14-11-8-5-2/h26,28,73H,4-25,27,29-72H2,1-3H3/b28-26-. The molecule has 0 spiro atoms. The van der Waals surface area contributed by atoms with Crippen LogP contribution in [0.1, 0.15) is 438 Å². The van der Waals surface area contributed by atoms with Gasteiger partial charge in [-0.25, -0.2) is 0 Å². The molecule has 0 aromatic rings. The molecule has 0 aromatic heterocycles. The van der Waals surface area contributed by atoms with Crippen LogP contribution in [0.25, 0.3) is 0 Å². The summed E-state index contributed by atoms with van der Waals surface area (Å²) in [7, 11) is 0. The number of rotatable bonds is 71. The Morgan fingerprint density at radius 3 is 0.610 bits per heavy atom. The fraction of sp³-hybridized carbons (Fsp3) is 0.934. The van der Waals surface area contributed by atoms with E-state index in [1.54, 1.807) is 0 Å². The van der Waals surface area contributed by atoms with E-state index < -0.39 is 6.10 Å². The lowest BCUT2D eigenvalue weighted by Crippen LogP contribution is -2.30. The van der Waals surface area contributed by atoms with E-state index in [2.05, 4.69) is 32.9 Å². The summed E-state index contributed by atoms with van der Waals surface area (Å²) in [5.74, 6) is -0.834. The Hall–Kier alpha value is -1.85. The van der Waals surface area contributed by atoms with Crippen molar-refractivity contribution in [2.75, 3.05) is 13.2 Å². The molecule has 0 amide bonds. The van der Waals surface area contributed by atoms with Crippen LogP contribution >= 0.6 is 0 Å². The minimum absolute atomic E-state index is 0.0626.